The standard InChI is InChI=1S/C24H27N5O2/c30-23-21(22(24(31)27-23)26-17-7-2-1-3-8-17)19-15-29(20-10-5-4-9-18(19)20)13-6-12-28-14-11-25-16-28/h4-5,9-11,14-17H,1-3,6-8,12-13H2,(H2,26,27,30,31). The fourth-order valence-corrected chi connectivity index (χ4v) is 4.77. The van der Waals surface area contributed by atoms with E-state index >= 15 is 0 Å². The molecule has 0 saturated heterocycles. The summed E-state index contributed by atoms with van der Waals surface area (Å²) in [6.45, 7) is 1.69. The number of carbonyl (C=O) groups is 2. The Kier molecular flexibility index (Phi) is 5.32. The number of carbonyl (C=O) groups excluding carboxylic acids is 2. The molecule has 0 bridgehead atoms. The van der Waals surface area contributed by atoms with Gasteiger partial charge in [0.2, 0.25) is 0 Å². The maximum Gasteiger partial charge on any atom is 0.275 e. The molecule has 1 fully saturated rings. The Bertz CT molecular complexity index is 1140. The van der Waals surface area contributed by atoms with Gasteiger partial charge in [-0.2, -0.15) is 0 Å². The maximum atomic E-state index is 12.8. The van der Waals surface area contributed by atoms with Crippen LogP contribution in [0.3, 0.4) is 0 Å². The molecule has 5 rings (SSSR count). The topological polar surface area (TPSA) is 81.0 Å². The summed E-state index contributed by atoms with van der Waals surface area (Å²) in [5, 5.41) is 6.91. The Balaban J connectivity index is 1.48. The Hall–Kier alpha value is -3.35. The van der Waals surface area contributed by atoms with Crippen molar-refractivity contribution in [3.05, 3.63) is 60.4 Å². The van der Waals surface area contributed by atoms with Crippen LogP contribution >= 0.6 is 0 Å². The lowest BCUT2D eigenvalue weighted by molar-refractivity contribution is -0.123. The highest BCUT2D eigenvalue weighted by atomic mass is 16.2. The second-order valence-corrected chi connectivity index (χ2v) is 8.42. The molecule has 2 aromatic heterocycles. The van der Waals surface area contributed by atoms with E-state index in [1.54, 1.807) is 6.20 Å². The smallest absolute Gasteiger partial charge is 0.275 e. The van der Waals surface area contributed by atoms with Gasteiger partial charge in [0.25, 0.3) is 11.8 Å². The number of imidazole rings is 1. The van der Waals surface area contributed by atoms with Crippen molar-refractivity contribution in [2.75, 3.05) is 0 Å². The second-order valence-electron chi connectivity index (χ2n) is 8.42. The number of benzene rings is 1. The van der Waals surface area contributed by atoms with Crippen molar-refractivity contribution in [2.24, 2.45) is 0 Å². The first kappa shape index (κ1) is 19.6. The normalized spacial score (nSPS) is 17.5. The lowest BCUT2D eigenvalue weighted by atomic mass is 9.94. The quantitative estimate of drug-likeness (QED) is 0.579. The lowest BCUT2D eigenvalue weighted by Crippen LogP contribution is -2.35. The van der Waals surface area contributed by atoms with E-state index < -0.39 is 0 Å². The summed E-state index contributed by atoms with van der Waals surface area (Å²) in [5.74, 6) is -0.632. The van der Waals surface area contributed by atoms with Crippen molar-refractivity contribution in [3.8, 4) is 0 Å². The zero-order valence-electron chi connectivity index (χ0n) is 17.5. The average molecular weight is 418 g/mol. The van der Waals surface area contributed by atoms with Gasteiger partial charge in [-0.1, -0.05) is 37.5 Å². The number of hydrogen-bond acceptors (Lipinski definition) is 4. The Labute approximate surface area is 181 Å². The van der Waals surface area contributed by atoms with Gasteiger partial charge in [-0.3, -0.25) is 14.9 Å². The molecule has 3 heterocycles. The Morgan fingerprint density at radius 2 is 1.90 bits per heavy atom. The van der Waals surface area contributed by atoms with Crippen molar-refractivity contribution >= 4 is 28.3 Å². The Morgan fingerprint density at radius 1 is 1.06 bits per heavy atom. The van der Waals surface area contributed by atoms with Crippen LogP contribution in [0.2, 0.25) is 0 Å². The van der Waals surface area contributed by atoms with Gasteiger partial charge in [-0.25, -0.2) is 4.98 Å². The summed E-state index contributed by atoms with van der Waals surface area (Å²) in [6, 6.07) is 8.33. The van der Waals surface area contributed by atoms with Crippen molar-refractivity contribution in [2.45, 2.75) is 57.7 Å². The van der Waals surface area contributed by atoms with Crippen molar-refractivity contribution in [1.29, 1.82) is 0 Å². The van der Waals surface area contributed by atoms with Crippen molar-refractivity contribution in [3.63, 3.8) is 0 Å². The van der Waals surface area contributed by atoms with Crippen LogP contribution in [0.25, 0.3) is 16.5 Å². The number of nitrogens with one attached hydrogen (secondary N) is 2. The van der Waals surface area contributed by atoms with E-state index in [4.69, 9.17) is 0 Å². The fourth-order valence-electron chi connectivity index (χ4n) is 4.77. The number of imide groups is 1. The number of para-hydroxylation sites is 1. The zero-order chi connectivity index (χ0) is 21.2. The third kappa shape index (κ3) is 3.87. The Morgan fingerprint density at radius 3 is 2.71 bits per heavy atom. The third-order valence-electron chi connectivity index (χ3n) is 6.32. The molecular weight excluding hydrogens is 390 g/mol. The van der Waals surface area contributed by atoms with Crippen LogP contribution in [0.15, 0.2) is 54.9 Å². The molecule has 0 unspecified atom stereocenters. The van der Waals surface area contributed by atoms with E-state index in [-0.39, 0.29) is 17.9 Å². The lowest BCUT2D eigenvalue weighted by Gasteiger charge is -2.24. The molecule has 7 heteroatoms. The third-order valence-corrected chi connectivity index (χ3v) is 6.32. The van der Waals surface area contributed by atoms with Gasteiger partial charge < -0.3 is 14.5 Å². The fraction of sp³-hybridized carbons (Fsp3) is 0.375. The predicted molar refractivity (Wildman–Crippen MR) is 119 cm³/mol. The summed E-state index contributed by atoms with van der Waals surface area (Å²) in [7, 11) is 0. The van der Waals surface area contributed by atoms with E-state index in [9.17, 15) is 9.59 Å². The molecular formula is C24H27N5O2. The molecule has 2 N–H and O–H groups in total. The molecule has 0 radical (unpaired) electrons. The van der Waals surface area contributed by atoms with E-state index in [0.29, 0.717) is 11.3 Å². The molecule has 31 heavy (non-hydrogen) atoms. The van der Waals surface area contributed by atoms with Crippen LogP contribution < -0.4 is 10.6 Å². The van der Waals surface area contributed by atoms with E-state index in [2.05, 4.69) is 30.8 Å². The number of aromatic nitrogens is 3. The summed E-state index contributed by atoms with van der Waals surface area (Å²) >= 11 is 0. The molecule has 2 amide bonds. The van der Waals surface area contributed by atoms with E-state index in [1.165, 1.54) is 6.42 Å². The van der Waals surface area contributed by atoms with E-state index in [0.717, 1.165) is 61.7 Å². The molecule has 1 aliphatic carbocycles. The van der Waals surface area contributed by atoms with Gasteiger partial charge in [-0.05, 0) is 25.3 Å². The monoisotopic (exact) mass is 417 g/mol. The number of rotatable bonds is 7. The van der Waals surface area contributed by atoms with Gasteiger partial charge in [-0.15, -0.1) is 0 Å². The van der Waals surface area contributed by atoms with Crippen LogP contribution in [0.5, 0.6) is 0 Å². The number of aryl methyl sites for hydroxylation is 2. The highest BCUT2D eigenvalue weighted by Crippen LogP contribution is 2.32. The number of amides is 2. The summed E-state index contributed by atoms with van der Waals surface area (Å²) < 4.78 is 4.24. The van der Waals surface area contributed by atoms with Gasteiger partial charge in [0, 0.05) is 54.2 Å². The molecule has 2 aliphatic rings. The van der Waals surface area contributed by atoms with Crippen molar-refractivity contribution < 1.29 is 9.59 Å². The first-order chi connectivity index (χ1) is 15.2. The molecule has 3 aromatic rings. The zero-order valence-corrected chi connectivity index (χ0v) is 17.5. The molecule has 160 valence electrons. The predicted octanol–water partition coefficient (Wildman–Crippen LogP) is 3.22. The molecule has 0 spiro atoms. The minimum absolute atomic E-state index is 0.249. The molecule has 1 aromatic carbocycles. The highest BCUT2D eigenvalue weighted by molar-refractivity contribution is 6.37. The van der Waals surface area contributed by atoms with Gasteiger partial charge in [0.15, 0.2) is 0 Å². The van der Waals surface area contributed by atoms with Crippen LogP contribution in [0.4, 0.5) is 0 Å². The molecule has 1 saturated carbocycles. The maximum absolute atomic E-state index is 12.8. The second kappa shape index (κ2) is 8.41. The van der Waals surface area contributed by atoms with Gasteiger partial charge in [0.05, 0.1) is 11.9 Å². The summed E-state index contributed by atoms with van der Waals surface area (Å²) in [6.07, 6.45) is 14.2. The van der Waals surface area contributed by atoms with Gasteiger partial charge in [0.1, 0.15) is 5.70 Å². The minimum atomic E-state index is -0.317. The minimum Gasteiger partial charge on any atom is -0.377 e. The number of hydrogen-bond donors (Lipinski definition) is 2. The van der Waals surface area contributed by atoms with Crippen LogP contribution in [0.1, 0.15) is 44.1 Å². The van der Waals surface area contributed by atoms with Crippen LogP contribution in [0, 0.1) is 0 Å². The summed E-state index contributed by atoms with van der Waals surface area (Å²) in [5.41, 5.74) is 2.79. The average Bonchev–Trinajstić information content (AvgIpc) is 3.49. The number of fused-ring (bicyclic) bond motifs is 1. The summed E-state index contributed by atoms with van der Waals surface area (Å²) in [4.78, 5) is 29.5. The number of nitrogens with zero attached hydrogens (tertiary/aromatic N) is 3. The van der Waals surface area contributed by atoms with E-state index in [1.807, 2.05) is 36.9 Å². The molecule has 1 aliphatic heterocycles. The van der Waals surface area contributed by atoms with Crippen LogP contribution in [-0.2, 0) is 22.7 Å². The largest absolute Gasteiger partial charge is 0.377 e. The SMILES string of the molecule is O=C1NC(=O)C(c2cn(CCCn3ccnc3)c3ccccc23)=C1NC1CCCCC1. The first-order valence-electron chi connectivity index (χ1n) is 11.1. The molecule has 0 atom stereocenters. The van der Waals surface area contributed by atoms with Crippen molar-refractivity contribution in [1.82, 2.24) is 24.8 Å². The first-order valence-corrected chi connectivity index (χ1v) is 11.1. The molecule has 7 nitrogen and oxygen atoms in total. The highest BCUT2D eigenvalue weighted by Gasteiger charge is 2.34. The van der Waals surface area contributed by atoms with Gasteiger partial charge >= 0.3 is 0 Å². The van der Waals surface area contributed by atoms with Crippen LogP contribution in [-0.4, -0.2) is 32.0 Å².